The Kier molecular flexibility index (Phi) is 10.3. The molecule has 1 heterocycles. The van der Waals surface area contributed by atoms with E-state index >= 15 is 0 Å². The third kappa shape index (κ3) is 8.01. The molecule has 0 unspecified atom stereocenters. The molecule has 2 rings (SSSR count). The van der Waals surface area contributed by atoms with Crippen LogP contribution < -0.4 is 0 Å². The predicted molar refractivity (Wildman–Crippen MR) is 132 cm³/mol. The van der Waals surface area contributed by atoms with Crippen molar-refractivity contribution >= 4 is 23.4 Å². The van der Waals surface area contributed by atoms with Crippen molar-refractivity contribution in [2.24, 2.45) is 11.8 Å². The van der Waals surface area contributed by atoms with Crippen LogP contribution in [0.4, 0.5) is 0 Å². The molecule has 2 amide bonds. The summed E-state index contributed by atoms with van der Waals surface area (Å²) in [5.74, 6) is 0.696. The molecular formula is C26H38ClN3O2. The highest BCUT2D eigenvalue weighted by atomic mass is 35.5. The highest BCUT2D eigenvalue weighted by Gasteiger charge is 2.23. The molecule has 0 aliphatic carbocycles. The maximum Gasteiger partial charge on any atom is 0.242 e. The van der Waals surface area contributed by atoms with Crippen molar-refractivity contribution in [3.8, 4) is 0 Å². The van der Waals surface area contributed by atoms with Gasteiger partial charge in [-0.1, -0.05) is 64.4 Å². The second-order valence-corrected chi connectivity index (χ2v) is 9.71. The molecule has 0 spiro atoms. The molecule has 5 nitrogen and oxygen atoms in total. The SMILES string of the molecule is CCCC(=O)N(CC(=O)N(Cc1cccn1Cc1ccccc1Cl)CC(C)C)CC(C)C. The second kappa shape index (κ2) is 12.7. The number of aromatic nitrogens is 1. The zero-order chi connectivity index (χ0) is 23.7. The smallest absolute Gasteiger partial charge is 0.242 e. The van der Waals surface area contributed by atoms with Crippen LogP contribution in [0.2, 0.25) is 5.02 Å². The average Bonchev–Trinajstić information content (AvgIpc) is 3.15. The van der Waals surface area contributed by atoms with Crippen molar-refractivity contribution in [3.63, 3.8) is 0 Å². The number of hydrogen-bond acceptors (Lipinski definition) is 2. The number of amides is 2. The van der Waals surface area contributed by atoms with Crippen LogP contribution in [0, 0.1) is 11.8 Å². The number of rotatable bonds is 12. The summed E-state index contributed by atoms with van der Waals surface area (Å²) < 4.78 is 2.13. The Morgan fingerprint density at radius 2 is 1.59 bits per heavy atom. The van der Waals surface area contributed by atoms with Crippen LogP contribution in [0.5, 0.6) is 0 Å². The minimum atomic E-state index is -0.00528. The molecule has 0 fully saturated rings. The topological polar surface area (TPSA) is 45.6 Å². The van der Waals surface area contributed by atoms with Crippen LogP contribution >= 0.6 is 11.6 Å². The van der Waals surface area contributed by atoms with Gasteiger partial charge in [-0.15, -0.1) is 0 Å². The molecule has 176 valence electrons. The molecule has 0 bridgehead atoms. The fourth-order valence-electron chi connectivity index (χ4n) is 3.78. The Morgan fingerprint density at radius 1 is 0.938 bits per heavy atom. The van der Waals surface area contributed by atoms with Gasteiger partial charge in [0.1, 0.15) is 0 Å². The van der Waals surface area contributed by atoms with Crippen molar-refractivity contribution in [2.45, 2.75) is 60.5 Å². The third-order valence-corrected chi connectivity index (χ3v) is 5.61. The number of carbonyl (C=O) groups is 2. The fourth-order valence-corrected chi connectivity index (χ4v) is 3.97. The van der Waals surface area contributed by atoms with Crippen LogP contribution in [0.1, 0.15) is 58.7 Å². The van der Waals surface area contributed by atoms with E-state index in [2.05, 4.69) is 32.3 Å². The first-order valence-corrected chi connectivity index (χ1v) is 12.0. The minimum absolute atomic E-state index is 0.00528. The molecule has 0 atom stereocenters. The van der Waals surface area contributed by atoms with Crippen LogP contribution in [-0.4, -0.2) is 45.8 Å². The van der Waals surface area contributed by atoms with Gasteiger partial charge in [0.05, 0.1) is 13.1 Å². The maximum absolute atomic E-state index is 13.3. The van der Waals surface area contributed by atoms with Gasteiger partial charge in [0.2, 0.25) is 11.8 Å². The lowest BCUT2D eigenvalue weighted by atomic mass is 10.1. The first kappa shape index (κ1) is 26.0. The first-order valence-electron chi connectivity index (χ1n) is 11.6. The zero-order valence-corrected chi connectivity index (χ0v) is 20.9. The van der Waals surface area contributed by atoms with Gasteiger partial charge in [-0.25, -0.2) is 0 Å². The number of nitrogens with zero attached hydrogens (tertiary/aromatic N) is 3. The highest BCUT2D eigenvalue weighted by Crippen LogP contribution is 2.19. The number of hydrogen-bond donors (Lipinski definition) is 0. The van der Waals surface area contributed by atoms with E-state index in [4.69, 9.17) is 11.6 Å². The molecule has 0 radical (unpaired) electrons. The van der Waals surface area contributed by atoms with E-state index in [0.29, 0.717) is 44.4 Å². The van der Waals surface area contributed by atoms with Crippen molar-refractivity contribution in [3.05, 3.63) is 58.9 Å². The molecule has 0 aliphatic rings. The molecule has 32 heavy (non-hydrogen) atoms. The van der Waals surface area contributed by atoms with Crippen molar-refractivity contribution < 1.29 is 9.59 Å². The van der Waals surface area contributed by atoms with Gasteiger partial charge in [0.25, 0.3) is 0 Å². The van der Waals surface area contributed by atoms with E-state index < -0.39 is 0 Å². The summed E-state index contributed by atoms with van der Waals surface area (Å²) in [6.07, 6.45) is 3.28. The van der Waals surface area contributed by atoms with Crippen molar-refractivity contribution in [2.75, 3.05) is 19.6 Å². The third-order valence-electron chi connectivity index (χ3n) is 5.24. The standard InChI is InChI=1S/C26H38ClN3O2/c1-6-10-25(31)30(16-21(4)5)19-26(32)29(15-20(2)3)18-23-12-9-14-28(23)17-22-11-7-8-13-24(22)27/h7-9,11-14,20-21H,6,10,15-19H2,1-5H3. The number of carbonyl (C=O) groups excluding carboxylic acids is 2. The van der Waals surface area contributed by atoms with Gasteiger partial charge in [0.15, 0.2) is 0 Å². The van der Waals surface area contributed by atoms with Gasteiger partial charge in [-0.3, -0.25) is 9.59 Å². The molecule has 1 aromatic carbocycles. The lowest BCUT2D eigenvalue weighted by Crippen LogP contribution is -2.45. The molecule has 2 aromatic rings. The first-order chi connectivity index (χ1) is 15.2. The van der Waals surface area contributed by atoms with E-state index in [9.17, 15) is 9.59 Å². The largest absolute Gasteiger partial charge is 0.345 e. The summed E-state index contributed by atoms with van der Waals surface area (Å²) >= 11 is 6.36. The maximum atomic E-state index is 13.3. The Morgan fingerprint density at radius 3 is 2.22 bits per heavy atom. The van der Waals surface area contributed by atoms with Crippen LogP contribution in [0.25, 0.3) is 0 Å². The molecule has 0 N–H and O–H groups in total. The van der Waals surface area contributed by atoms with Crippen LogP contribution in [-0.2, 0) is 22.7 Å². The summed E-state index contributed by atoms with van der Waals surface area (Å²) in [4.78, 5) is 29.5. The summed E-state index contributed by atoms with van der Waals surface area (Å²) in [5.41, 5.74) is 2.09. The average molecular weight is 460 g/mol. The Balaban J connectivity index is 2.18. The summed E-state index contributed by atoms with van der Waals surface area (Å²) in [6.45, 7) is 12.9. The van der Waals surface area contributed by atoms with Crippen molar-refractivity contribution in [1.29, 1.82) is 0 Å². The van der Waals surface area contributed by atoms with Gasteiger partial charge in [-0.2, -0.15) is 0 Å². The Bertz CT molecular complexity index is 875. The van der Waals surface area contributed by atoms with Crippen LogP contribution in [0.3, 0.4) is 0 Å². The van der Waals surface area contributed by atoms with Gasteiger partial charge in [0, 0.05) is 43.0 Å². The van der Waals surface area contributed by atoms with E-state index in [1.807, 2.05) is 54.4 Å². The Hall–Kier alpha value is -2.27. The van der Waals surface area contributed by atoms with Gasteiger partial charge in [-0.05, 0) is 42.0 Å². The van der Waals surface area contributed by atoms with Gasteiger partial charge >= 0.3 is 0 Å². The van der Waals surface area contributed by atoms with E-state index in [1.165, 1.54) is 0 Å². The highest BCUT2D eigenvalue weighted by molar-refractivity contribution is 6.31. The monoisotopic (exact) mass is 459 g/mol. The summed E-state index contributed by atoms with van der Waals surface area (Å²) in [7, 11) is 0. The lowest BCUT2D eigenvalue weighted by molar-refractivity contribution is -0.141. The zero-order valence-electron chi connectivity index (χ0n) is 20.2. The molecule has 0 aliphatic heterocycles. The molecule has 0 saturated carbocycles. The van der Waals surface area contributed by atoms with E-state index in [0.717, 1.165) is 22.7 Å². The van der Waals surface area contributed by atoms with E-state index in [1.54, 1.807) is 4.90 Å². The normalized spacial score (nSPS) is 11.2. The van der Waals surface area contributed by atoms with Crippen molar-refractivity contribution in [1.82, 2.24) is 14.4 Å². The molecule has 1 aromatic heterocycles. The Labute approximate surface area is 198 Å². The number of halogens is 1. The second-order valence-electron chi connectivity index (χ2n) is 9.31. The fraction of sp³-hybridized carbons (Fsp3) is 0.538. The lowest BCUT2D eigenvalue weighted by Gasteiger charge is -2.30. The quantitative estimate of drug-likeness (QED) is 0.423. The molecular weight excluding hydrogens is 422 g/mol. The van der Waals surface area contributed by atoms with Gasteiger partial charge < -0.3 is 14.4 Å². The summed E-state index contributed by atoms with van der Waals surface area (Å²) in [5, 5.41) is 0.737. The summed E-state index contributed by atoms with van der Waals surface area (Å²) in [6, 6.07) is 11.9. The number of benzene rings is 1. The molecule has 0 saturated heterocycles. The van der Waals surface area contributed by atoms with E-state index in [-0.39, 0.29) is 18.4 Å². The predicted octanol–water partition coefficient (Wildman–Crippen LogP) is 5.46. The van der Waals surface area contributed by atoms with Crippen LogP contribution in [0.15, 0.2) is 42.6 Å². The molecule has 6 heteroatoms. The minimum Gasteiger partial charge on any atom is -0.345 e.